The van der Waals surface area contributed by atoms with Crippen LogP contribution in [0.15, 0.2) is 41.6 Å². The Morgan fingerprint density at radius 3 is 2.81 bits per heavy atom. The van der Waals surface area contributed by atoms with Crippen LogP contribution in [0.25, 0.3) is 0 Å². The SMILES string of the molecule is O=S(=O)(c1ccc(OC2CCOCC2)c(F)c1)N1CCc2cnccc21. The summed E-state index contributed by atoms with van der Waals surface area (Å²) in [4.78, 5) is 3.94. The van der Waals surface area contributed by atoms with Gasteiger partial charge in [0.15, 0.2) is 11.6 Å². The number of sulfonamides is 1. The van der Waals surface area contributed by atoms with Crippen LogP contribution in [0.1, 0.15) is 18.4 Å². The maximum Gasteiger partial charge on any atom is 0.264 e. The molecule has 0 aliphatic carbocycles. The highest BCUT2D eigenvalue weighted by Crippen LogP contribution is 2.33. The van der Waals surface area contributed by atoms with Crippen molar-refractivity contribution in [2.75, 3.05) is 24.1 Å². The number of halogens is 1. The van der Waals surface area contributed by atoms with Crippen molar-refractivity contribution in [3.8, 4) is 5.75 Å². The van der Waals surface area contributed by atoms with Crippen LogP contribution in [-0.4, -0.2) is 39.3 Å². The molecule has 1 fully saturated rings. The predicted octanol–water partition coefficient (Wildman–Crippen LogP) is 2.53. The zero-order chi connectivity index (χ0) is 18.1. The molecular weight excluding hydrogens is 359 g/mol. The maximum atomic E-state index is 14.5. The predicted molar refractivity (Wildman–Crippen MR) is 93.3 cm³/mol. The highest BCUT2D eigenvalue weighted by Gasteiger charge is 2.31. The minimum absolute atomic E-state index is 0.0712. The smallest absolute Gasteiger partial charge is 0.264 e. The number of ether oxygens (including phenoxy) is 2. The zero-order valence-corrected chi connectivity index (χ0v) is 14.9. The van der Waals surface area contributed by atoms with Crippen LogP contribution >= 0.6 is 0 Å². The lowest BCUT2D eigenvalue weighted by Crippen LogP contribution is -2.29. The molecule has 0 saturated carbocycles. The summed E-state index contributed by atoms with van der Waals surface area (Å²) in [5.41, 5.74) is 1.47. The minimum atomic E-state index is -3.83. The van der Waals surface area contributed by atoms with Gasteiger partial charge in [-0.3, -0.25) is 9.29 Å². The van der Waals surface area contributed by atoms with Gasteiger partial charge < -0.3 is 9.47 Å². The van der Waals surface area contributed by atoms with Gasteiger partial charge in [0.1, 0.15) is 6.10 Å². The Kier molecular flexibility index (Phi) is 4.54. The molecule has 6 nitrogen and oxygen atoms in total. The van der Waals surface area contributed by atoms with Gasteiger partial charge in [-0.2, -0.15) is 0 Å². The number of aromatic nitrogens is 1. The third-order valence-corrected chi connectivity index (χ3v) is 6.49. The van der Waals surface area contributed by atoms with Crippen molar-refractivity contribution in [2.45, 2.75) is 30.3 Å². The van der Waals surface area contributed by atoms with Crippen LogP contribution in [-0.2, 0) is 21.2 Å². The van der Waals surface area contributed by atoms with E-state index in [9.17, 15) is 12.8 Å². The van der Waals surface area contributed by atoms with E-state index in [1.807, 2.05) is 0 Å². The average Bonchev–Trinajstić information content (AvgIpc) is 3.09. The number of benzene rings is 1. The normalized spacial score (nSPS) is 18.0. The number of anilines is 1. The van der Waals surface area contributed by atoms with E-state index in [-0.39, 0.29) is 16.7 Å². The molecule has 0 unspecified atom stereocenters. The highest BCUT2D eigenvalue weighted by molar-refractivity contribution is 7.92. The molecule has 0 N–H and O–H groups in total. The second kappa shape index (κ2) is 6.85. The lowest BCUT2D eigenvalue weighted by atomic mass is 10.1. The molecule has 2 aliphatic heterocycles. The number of rotatable bonds is 4. The first-order chi connectivity index (χ1) is 12.6. The van der Waals surface area contributed by atoms with E-state index in [0.717, 1.165) is 11.6 Å². The number of fused-ring (bicyclic) bond motifs is 1. The summed E-state index contributed by atoms with van der Waals surface area (Å²) >= 11 is 0. The third-order valence-electron chi connectivity index (χ3n) is 4.68. The molecule has 0 spiro atoms. The first kappa shape index (κ1) is 17.2. The number of hydrogen-bond acceptors (Lipinski definition) is 5. The summed E-state index contributed by atoms with van der Waals surface area (Å²) < 4.78 is 52.6. The number of pyridine rings is 1. The van der Waals surface area contributed by atoms with Crippen molar-refractivity contribution in [1.29, 1.82) is 0 Å². The van der Waals surface area contributed by atoms with Gasteiger partial charge in [-0.25, -0.2) is 12.8 Å². The van der Waals surface area contributed by atoms with E-state index in [4.69, 9.17) is 9.47 Å². The molecule has 138 valence electrons. The van der Waals surface area contributed by atoms with Gasteiger partial charge in [0.05, 0.1) is 23.8 Å². The molecule has 0 amide bonds. The van der Waals surface area contributed by atoms with Gasteiger partial charge in [-0.05, 0) is 36.2 Å². The summed E-state index contributed by atoms with van der Waals surface area (Å²) in [7, 11) is -3.83. The van der Waals surface area contributed by atoms with Gasteiger partial charge in [0.25, 0.3) is 10.0 Å². The van der Waals surface area contributed by atoms with Crippen molar-refractivity contribution in [1.82, 2.24) is 4.98 Å². The van der Waals surface area contributed by atoms with E-state index < -0.39 is 15.8 Å². The fourth-order valence-corrected chi connectivity index (χ4v) is 4.80. The number of hydrogen-bond donors (Lipinski definition) is 0. The second-order valence-corrected chi connectivity index (χ2v) is 8.22. The van der Waals surface area contributed by atoms with Crippen molar-refractivity contribution in [3.05, 3.63) is 48.0 Å². The molecule has 4 rings (SSSR count). The Morgan fingerprint density at radius 1 is 1.23 bits per heavy atom. The molecular formula is C18H19FN2O4S. The van der Waals surface area contributed by atoms with E-state index >= 15 is 0 Å². The van der Waals surface area contributed by atoms with E-state index in [2.05, 4.69) is 4.98 Å². The van der Waals surface area contributed by atoms with Crippen molar-refractivity contribution >= 4 is 15.7 Å². The average molecular weight is 378 g/mol. The summed E-state index contributed by atoms with van der Waals surface area (Å²) in [5, 5.41) is 0. The van der Waals surface area contributed by atoms with E-state index in [1.165, 1.54) is 16.4 Å². The standard InChI is InChI=1S/C18H19FN2O4S/c19-16-11-15(1-2-18(16)25-14-5-9-24-10-6-14)26(22,23)21-8-4-13-12-20-7-3-17(13)21/h1-3,7,11-12,14H,4-6,8-10H2. The van der Waals surface area contributed by atoms with Crippen LogP contribution in [0.3, 0.4) is 0 Å². The molecule has 0 bridgehead atoms. The minimum Gasteiger partial charge on any atom is -0.487 e. The van der Waals surface area contributed by atoms with Crippen molar-refractivity contribution < 1.29 is 22.3 Å². The zero-order valence-electron chi connectivity index (χ0n) is 14.1. The molecule has 8 heteroatoms. The largest absolute Gasteiger partial charge is 0.487 e. The summed E-state index contributed by atoms with van der Waals surface area (Å²) in [5.74, 6) is -0.603. The van der Waals surface area contributed by atoms with Crippen LogP contribution in [0.4, 0.5) is 10.1 Å². The lowest BCUT2D eigenvalue weighted by molar-refractivity contribution is 0.0240. The Labute approximate surface area is 151 Å². The van der Waals surface area contributed by atoms with Gasteiger partial charge in [-0.1, -0.05) is 0 Å². The fraction of sp³-hybridized carbons (Fsp3) is 0.389. The van der Waals surface area contributed by atoms with Gasteiger partial charge in [0, 0.05) is 31.8 Å². The van der Waals surface area contributed by atoms with Crippen molar-refractivity contribution in [3.63, 3.8) is 0 Å². The molecule has 1 aromatic carbocycles. The van der Waals surface area contributed by atoms with Gasteiger partial charge in [-0.15, -0.1) is 0 Å². The van der Waals surface area contributed by atoms with Gasteiger partial charge in [0.2, 0.25) is 0 Å². The maximum absolute atomic E-state index is 14.5. The molecule has 3 heterocycles. The Bertz CT molecular complexity index is 913. The third kappa shape index (κ3) is 3.14. The highest BCUT2D eigenvalue weighted by atomic mass is 32.2. The topological polar surface area (TPSA) is 68.7 Å². The van der Waals surface area contributed by atoms with Gasteiger partial charge >= 0.3 is 0 Å². The molecule has 0 atom stereocenters. The molecule has 1 aromatic heterocycles. The van der Waals surface area contributed by atoms with Crippen LogP contribution in [0.2, 0.25) is 0 Å². The monoisotopic (exact) mass is 378 g/mol. The molecule has 26 heavy (non-hydrogen) atoms. The molecule has 1 saturated heterocycles. The Hall–Kier alpha value is -2.19. The summed E-state index contributed by atoms with van der Waals surface area (Å²) in [6, 6.07) is 5.48. The lowest BCUT2D eigenvalue weighted by Gasteiger charge is -2.24. The number of nitrogens with zero attached hydrogens (tertiary/aromatic N) is 2. The summed E-state index contributed by atoms with van der Waals surface area (Å²) in [6.07, 6.45) is 5.08. The Balaban J connectivity index is 1.59. The first-order valence-electron chi connectivity index (χ1n) is 8.55. The molecule has 2 aliphatic rings. The molecule has 0 radical (unpaired) electrons. The first-order valence-corrected chi connectivity index (χ1v) is 9.99. The van der Waals surface area contributed by atoms with E-state index in [1.54, 1.807) is 18.5 Å². The second-order valence-electron chi connectivity index (χ2n) is 6.35. The quantitative estimate of drug-likeness (QED) is 0.818. The van der Waals surface area contributed by atoms with Crippen LogP contribution < -0.4 is 9.04 Å². The van der Waals surface area contributed by atoms with Crippen molar-refractivity contribution in [2.24, 2.45) is 0 Å². The van der Waals surface area contributed by atoms with E-state index in [0.29, 0.717) is 44.7 Å². The summed E-state index contributed by atoms with van der Waals surface area (Å²) in [6.45, 7) is 1.50. The molecule has 2 aromatic rings. The van der Waals surface area contributed by atoms with Crippen LogP contribution in [0, 0.1) is 5.82 Å². The van der Waals surface area contributed by atoms with Crippen LogP contribution in [0.5, 0.6) is 5.75 Å². The fourth-order valence-electron chi connectivity index (χ4n) is 3.29. The Morgan fingerprint density at radius 2 is 2.04 bits per heavy atom.